The molecule has 1 saturated heterocycles. The summed E-state index contributed by atoms with van der Waals surface area (Å²) in [7, 11) is 0. The van der Waals surface area contributed by atoms with Gasteiger partial charge in [-0.3, -0.25) is 4.79 Å². The van der Waals surface area contributed by atoms with E-state index < -0.39 is 0 Å². The van der Waals surface area contributed by atoms with Crippen molar-refractivity contribution in [3.8, 4) is 0 Å². The molecule has 0 aromatic heterocycles. The second kappa shape index (κ2) is 4.26. The summed E-state index contributed by atoms with van der Waals surface area (Å²) in [5.74, 6) is -0.204. The largest absolute Gasteiger partial charge is 0.312 e. The van der Waals surface area contributed by atoms with Crippen LogP contribution in [0.5, 0.6) is 0 Å². The molecule has 0 spiro atoms. The minimum Gasteiger partial charge on any atom is -0.312 e. The Hall–Kier alpha value is -1.35. The molecule has 1 unspecified atom stereocenters. The van der Waals surface area contributed by atoms with Gasteiger partial charge in [0, 0.05) is 29.6 Å². The van der Waals surface area contributed by atoms with Crippen LogP contribution in [0.3, 0.4) is 0 Å². The zero-order chi connectivity index (χ0) is 11.7. The highest BCUT2D eigenvalue weighted by Gasteiger charge is 2.30. The van der Waals surface area contributed by atoms with Gasteiger partial charge >= 0.3 is 0 Å². The van der Waals surface area contributed by atoms with E-state index in [1.807, 2.05) is 19.1 Å². The quantitative estimate of drug-likeness (QED) is 0.740. The highest BCUT2D eigenvalue weighted by Crippen LogP contribution is 2.27. The van der Waals surface area contributed by atoms with Crippen LogP contribution in [-0.2, 0) is 9.59 Å². The Balaban J connectivity index is 2.27. The Labute approximate surface area is 99.0 Å². The van der Waals surface area contributed by atoms with Crippen molar-refractivity contribution in [2.24, 2.45) is 5.92 Å². The zero-order valence-electron chi connectivity index (χ0n) is 8.94. The van der Waals surface area contributed by atoms with E-state index >= 15 is 0 Å². The van der Waals surface area contributed by atoms with Crippen molar-refractivity contribution in [2.75, 3.05) is 11.4 Å². The smallest absolute Gasteiger partial charge is 0.227 e. The van der Waals surface area contributed by atoms with Crippen LogP contribution in [0.15, 0.2) is 18.2 Å². The number of hydrogen-bond donors (Lipinski definition) is 0. The van der Waals surface area contributed by atoms with Crippen LogP contribution < -0.4 is 4.90 Å². The summed E-state index contributed by atoms with van der Waals surface area (Å²) in [6, 6.07) is 5.49. The maximum atomic E-state index is 11.7. The first kappa shape index (κ1) is 11.1. The molecular formula is C12H12ClNO2. The summed E-state index contributed by atoms with van der Waals surface area (Å²) in [5.41, 5.74) is 1.74. The van der Waals surface area contributed by atoms with Gasteiger partial charge in [0.15, 0.2) is 0 Å². The molecule has 1 atom stereocenters. The number of hydrogen-bond acceptors (Lipinski definition) is 2. The third kappa shape index (κ3) is 1.95. The van der Waals surface area contributed by atoms with Crippen LogP contribution in [0.2, 0.25) is 5.02 Å². The number of benzene rings is 1. The van der Waals surface area contributed by atoms with Crippen molar-refractivity contribution in [1.29, 1.82) is 0 Å². The lowest BCUT2D eigenvalue weighted by molar-refractivity contribution is -0.119. The van der Waals surface area contributed by atoms with Crippen LogP contribution in [0.25, 0.3) is 0 Å². The van der Waals surface area contributed by atoms with Crippen LogP contribution >= 0.6 is 11.6 Å². The van der Waals surface area contributed by atoms with E-state index in [0.29, 0.717) is 18.0 Å². The fourth-order valence-corrected chi connectivity index (χ4v) is 2.00. The number of aldehydes is 1. The number of rotatable bonds is 2. The molecule has 1 amide bonds. The molecule has 1 fully saturated rings. The molecule has 1 aliphatic rings. The van der Waals surface area contributed by atoms with Gasteiger partial charge in [-0.05, 0) is 24.6 Å². The molecular weight excluding hydrogens is 226 g/mol. The van der Waals surface area contributed by atoms with E-state index in [4.69, 9.17) is 11.6 Å². The Morgan fingerprint density at radius 2 is 2.25 bits per heavy atom. The SMILES string of the molecule is Cc1ccc(N2CC(C=O)CC2=O)cc1Cl. The first-order chi connectivity index (χ1) is 7.61. The second-order valence-corrected chi connectivity index (χ2v) is 4.45. The summed E-state index contributed by atoms with van der Waals surface area (Å²) in [6.07, 6.45) is 1.14. The minimum atomic E-state index is -0.187. The van der Waals surface area contributed by atoms with E-state index in [1.165, 1.54) is 0 Å². The van der Waals surface area contributed by atoms with Gasteiger partial charge in [0.05, 0.1) is 0 Å². The molecule has 3 nitrogen and oxygen atoms in total. The van der Waals surface area contributed by atoms with Crippen LogP contribution in [0.4, 0.5) is 5.69 Å². The van der Waals surface area contributed by atoms with Gasteiger partial charge in [0.2, 0.25) is 5.91 Å². The Bertz CT molecular complexity index is 445. The maximum Gasteiger partial charge on any atom is 0.227 e. The van der Waals surface area contributed by atoms with Crippen molar-refractivity contribution in [2.45, 2.75) is 13.3 Å². The summed E-state index contributed by atoms with van der Waals surface area (Å²) in [4.78, 5) is 23.9. The van der Waals surface area contributed by atoms with Crippen LogP contribution in [-0.4, -0.2) is 18.7 Å². The molecule has 0 bridgehead atoms. The Morgan fingerprint density at radius 3 is 2.81 bits per heavy atom. The standard InChI is InChI=1S/C12H12ClNO2/c1-8-2-3-10(5-11(8)13)14-6-9(7-15)4-12(14)16/h2-3,5,7,9H,4,6H2,1H3. The van der Waals surface area contributed by atoms with E-state index in [1.54, 1.807) is 11.0 Å². The summed E-state index contributed by atoms with van der Waals surface area (Å²) >= 11 is 6.00. The first-order valence-corrected chi connectivity index (χ1v) is 5.51. The van der Waals surface area contributed by atoms with Crippen molar-refractivity contribution in [3.05, 3.63) is 28.8 Å². The van der Waals surface area contributed by atoms with Gasteiger partial charge in [0.1, 0.15) is 6.29 Å². The fourth-order valence-electron chi connectivity index (χ4n) is 1.83. The molecule has 0 saturated carbocycles. The van der Waals surface area contributed by atoms with Crippen molar-refractivity contribution in [1.82, 2.24) is 0 Å². The molecule has 1 aliphatic heterocycles. The third-order valence-corrected chi connectivity index (χ3v) is 3.22. The zero-order valence-corrected chi connectivity index (χ0v) is 9.70. The number of anilines is 1. The maximum absolute atomic E-state index is 11.7. The van der Waals surface area contributed by atoms with Gasteiger partial charge in [-0.1, -0.05) is 17.7 Å². The lowest BCUT2D eigenvalue weighted by Gasteiger charge is -2.16. The second-order valence-electron chi connectivity index (χ2n) is 4.04. The number of aryl methyl sites for hydroxylation is 1. The molecule has 1 aromatic carbocycles. The van der Waals surface area contributed by atoms with E-state index in [0.717, 1.165) is 17.5 Å². The highest BCUT2D eigenvalue weighted by molar-refractivity contribution is 6.31. The van der Waals surface area contributed by atoms with Crippen molar-refractivity contribution >= 4 is 29.5 Å². The minimum absolute atomic E-state index is 0.0166. The summed E-state index contributed by atoms with van der Waals surface area (Å²) in [5, 5.41) is 0.639. The molecule has 4 heteroatoms. The number of nitrogens with zero attached hydrogens (tertiary/aromatic N) is 1. The highest BCUT2D eigenvalue weighted by atomic mass is 35.5. The van der Waals surface area contributed by atoms with Gasteiger partial charge in [0.25, 0.3) is 0 Å². The molecule has 0 N–H and O–H groups in total. The van der Waals surface area contributed by atoms with Gasteiger partial charge in [-0.2, -0.15) is 0 Å². The van der Waals surface area contributed by atoms with Crippen molar-refractivity contribution in [3.63, 3.8) is 0 Å². The lowest BCUT2D eigenvalue weighted by atomic mass is 10.1. The van der Waals surface area contributed by atoms with Crippen molar-refractivity contribution < 1.29 is 9.59 Å². The van der Waals surface area contributed by atoms with Gasteiger partial charge in [-0.15, -0.1) is 0 Å². The van der Waals surface area contributed by atoms with Gasteiger partial charge in [-0.25, -0.2) is 0 Å². The molecule has 84 valence electrons. The first-order valence-electron chi connectivity index (χ1n) is 5.13. The number of halogens is 1. The lowest BCUT2D eigenvalue weighted by Crippen LogP contribution is -2.24. The predicted molar refractivity (Wildman–Crippen MR) is 62.7 cm³/mol. The summed E-state index contributed by atoms with van der Waals surface area (Å²) < 4.78 is 0. The number of carbonyl (C=O) groups is 2. The fraction of sp³-hybridized carbons (Fsp3) is 0.333. The third-order valence-electron chi connectivity index (χ3n) is 2.81. The average Bonchev–Trinajstić information content (AvgIpc) is 2.64. The number of carbonyl (C=O) groups excluding carboxylic acids is 2. The van der Waals surface area contributed by atoms with E-state index in [9.17, 15) is 9.59 Å². The molecule has 1 heterocycles. The molecule has 2 rings (SSSR count). The molecule has 0 aliphatic carbocycles. The van der Waals surface area contributed by atoms with Crippen LogP contribution in [0, 0.1) is 12.8 Å². The molecule has 1 aromatic rings. The van der Waals surface area contributed by atoms with Gasteiger partial charge < -0.3 is 9.69 Å². The van der Waals surface area contributed by atoms with E-state index in [-0.39, 0.29) is 11.8 Å². The van der Waals surface area contributed by atoms with Crippen LogP contribution in [0.1, 0.15) is 12.0 Å². The predicted octanol–water partition coefficient (Wildman–Crippen LogP) is 2.20. The average molecular weight is 238 g/mol. The van der Waals surface area contributed by atoms with E-state index in [2.05, 4.69) is 0 Å². The molecule has 0 radical (unpaired) electrons. The summed E-state index contributed by atoms with van der Waals surface area (Å²) in [6.45, 7) is 2.37. The normalized spacial score (nSPS) is 20.2. The number of amides is 1. The Kier molecular flexibility index (Phi) is 2.97. The monoisotopic (exact) mass is 237 g/mol. The topological polar surface area (TPSA) is 37.4 Å². The Morgan fingerprint density at radius 1 is 1.50 bits per heavy atom. The molecule has 16 heavy (non-hydrogen) atoms.